The van der Waals surface area contributed by atoms with Crippen LogP contribution in [-0.4, -0.2) is 39.1 Å². The van der Waals surface area contributed by atoms with Gasteiger partial charge in [-0.15, -0.1) is 10.2 Å². The summed E-state index contributed by atoms with van der Waals surface area (Å²) in [7, 11) is 0. The normalized spacial score (nSPS) is 22.5. The Morgan fingerprint density at radius 2 is 2.04 bits per heavy atom. The van der Waals surface area contributed by atoms with Gasteiger partial charge in [0.05, 0.1) is 11.3 Å². The third-order valence-corrected chi connectivity index (χ3v) is 5.32. The lowest BCUT2D eigenvalue weighted by atomic mass is 10.2. The van der Waals surface area contributed by atoms with Crippen molar-refractivity contribution in [3.05, 3.63) is 29.8 Å². The summed E-state index contributed by atoms with van der Waals surface area (Å²) in [5.41, 5.74) is -0.901. The fourth-order valence-corrected chi connectivity index (χ4v) is 3.73. The van der Waals surface area contributed by atoms with E-state index >= 15 is 0 Å². The van der Waals surface area contributed by atoms with E-state index in [9.17, 15) is 27.6 Å². The summed E-state index contributed by atoms with van der Waals surface area (Å²) < 4.78 is 38.1. The van der Waals surface area contributed by atoms with Crippen LogP contribution in [-0.2, 0) is 15.8 Å². The summed E-state index contributed by atoms with van der Waals surface area (Å²) in [5, 5.41) is 14.0. The second-order valence-electron chi connectivity index (χ2n) is 5.58. The molecular formula is C15H12F3N5O3S2. The summed E-state index contributed by atoms with van der Waals surface area (Å²) in [5.74, 6) is -0.383. The van der Waals surface area contributed by atoms with Gasteiger partial charge in [0.15, 0.2) is 5.17 Å². The number of amides is 3. The molecule has 3 amide bonds. The minimum atomic E-state index is -4.52. The van der Waals surface area contributed by atoms with Crippen molar-refractivity contribution in [2.45, 2.75) is 17.8 Å². The van der Waals surface area contributed by atoms with Gasteiger partial charge in [-0.1, -0.05) is 29.6 Å². The molecule has 1 aromatic rings. The molecule has 2 heterocycles. The standard InChI is InChI=1S/C15H12F3N5O3S2/c16-15(17,18)7-2-1-3-8(4-7)19-11(24)5-9-12(25)21-13(28-9)23-22-10-6-27-14(26)20-10/h1-4,9H,5-6H2,(H,19,24)(H,20,22,26)(H,21,23,25). The Labute approximate surface area is 164 Å². The van der Waals surface area contributed by atoms with E-state index in [1.54, 1.807) is 0 Å². The smallest absolute Gasteiger partial charge is 0.326 e. The zero-order chi connectivity index (χ0) is 20.3. The quantitative estimate of drug-likeness (QED) is 0.634. The van der Waals surface area contributed by atoms with Gasteiger partial charge in [-0.2, -0.15) is 13.2 Å². The molecule has 1 unspecified atom stereocenters. The molecule has 0 radical (unpaired) electrons. The number of thioether (sulfide) groups is 2. The summed E-state index contributed by atoms with van der Waals surface area (Å²) in [6, 6.07) is 4.22. The molecule has 1 aromatic carbocycles. The predicted octanol–water partition coefficient (Wildman–Crippen LogP) is 2.39. The Balaban J connectivity index is 1.57. The number of alkyl halides is 3. The molecule has 2 aliphatic heterocycles. The molecule has 28 heavy (non-hydrogen) atoms. The average Bonchev–Trinajstić information content (AvgIpc) is 3.18. The number of anilines is 1. The van der Waals surface area contributed by atoms with Crippen LogP contribution in [0, 0.1) is 0 Å². The number of hydrogen-bond acceptors (Lipinski definition) is 7. The predicted molar refractivity (Wildman–Crippen MR) is 100 cm³/mol. The van der Waals surface area contributed by atoms with Crippen LogP contribution in [0.2, 0.25) is 0 Å². The van der Waals surface area contributed by atoms with Crippen molar-refractivity contribution in [2.24, 2.45) is 10.2 Å². The van der Waals surface area contributed by atoms with Crippen LogP contribution in [0.25, 0.3) is 0 Å². The van der Waals surface area contributed by atoms with Crippen LogP contribution < -0.4 is 16.0 Å². The highest BCUT2D eigenvalue weighted by Crippen LogP contribution is 2.31. The van der Waals surface area contributed by atoms with Crippen molar-refractivity contribution in [2.75, 3.05) is 11.1 Å². The molecule has 0 bridgehead atoms. The molecule has 1 atom stereocenters. The highest BCUT2D eigenvalue weighted by molar-refractivity contribution is 8.15. The van der Waals surface area contributed by atoms with Gasteiger partial charge in [0, 0.05) is 12.1 Å². The number of halogens is 3. The first-order chi connectivity index (χ1) is 13.2. The van der Waals surface area contributed by atoms with Crippen molar-refractivity contribution >= 4 is 57.3 Å². The van der Waals surface area contributed by atoms with Crippen LogP contribution in [0.1, 0.15) is 12.0 Å². The number of benzene rings is 1. The number of hydrogen-bond donors (Lipinski definition) is 3. The highest BCUT2D eigenvalue weighted by atomic mass is 32.2. The van der Waals surface area contributed by atoms with Crippen molar-refractivity contribution in [1.29, 1.82) is 0 Å². The van der Waals surface area contributed by atoms with Gasteiger partial charge in [-0.3, -0.25) is 14.4 Å². The molecule has 0 aromatic heterocycles. The van der Waals surface area contributed by atoms with E-state index in [0.29, 0.717) is 11.6 Å². The third-order valence-electron chi connectivity index (χ3n) is 3.47. The van der Waals surface area contributed by atoms with Crippen LogP contribution >= 0.6 is 23.5 Å². The second kappa shape index (κ2) is 8.22. The molecule has 3 N–H and O–H groups in total. The molecule has 8 nitrogen and oxygen atoms in total. The lowest BCUT2D eigenvalue weighted by molar-refractivity contribution is -0.137. The third kappa shape index (κ3) is 5.25. The van der Waals surface area contributed by atoms with Gasteiger partial charge in [0.2, 0.25) is 11.8 Å². The summed E-state index contributed by atoms with van der Waals surface area (Å²) in [4.78, 5) is 35.1. The summed E-state index contributed by atoms with van der Waals surface area (Å²) in [6.07, 6.45) is -4.78. The Hall–Kier alpha value is -2.54. The number of carbonyl (C=O) groups excluding carboxylic acids is 3. The monoisotopic (exact) mass is 431 g/mol. The molecule has 148 valence electrons. The molecule has 2 fully saturated rings. The van der Waals surface area contributed by atoms with E-state index in [4.69, 9.17) is 0 Å². The largest absolute Gasteiger partial charge is 0.416 e. The van der Waals surface area contributed by atoms with Crippen molar-refractivity contribution in [3.8, 4) is 0 Å². The lowest BCUT2D eigenvalue weighted by Gasteiger charge is -2.10. The number of carbonyl (C=O) groups is 3. The Morgan fingerprint density at radius 1 is 1.25 bits per heavy atom. The Bertz CT molecular complexity index is 888. The molecule has 0 spiro atoms. The summed E-state index contributed by atoms with van der Waals surface area (Å²) >= 11 is 2.00. The minimum Gasteiger partial charge on any atom is -0.326 e. The van der Waals surface area contributed by atoms with Crippen molar-refractivity contribution in [1.82, 2.24) is 10.6 Å². The minimum absolute atomic E-state index is 0.0157. The van der Waals surface area contributed by atoms with E-state index in [1.165, 1.54) is 12.1 Å². The lowest BCUT2D eigenvalue weighted by Crippen LogP contribution is -2.28. The first-order valence-electron chi connectivity index (χ1n) is 7.73. The molecular weight excluding hydrogens is 419 g/mol. The zero-order valence-electron chi connectivity index (χ0n) is 13.9. The van der Waals surface area contributed by atoms with Gasteiger partial charge < -0.3 is 16.0 Å². The van der Waals surface area contributed by atoms with E-state index in [-0.39, 0.29) is 22.5 Å². The number of rotatable bonds is 4. The molecule has 0 saturated carbocycles. The summed E-state index contributed by atoms with van der Waals surface area (Å²) in [6.45, 7) is 0. The van der Waals surface area contributed by atoms with Crippen LogP contribution in [0.4, 0.5) is 23.7 Å². The Kier molecular flexibility index (Phi) is 5.93. The van der Waals surface area contributed by atoms with Gasteiger partial charge in [-0.25, -0.2) is 0 Å². The van der Waals surface area contributed by atoms with Gasteiger partial charge in [0.1, 0.15) is 11.1 Å². The first kappa shape index (κ1) is 20.2. The molecule has 3 rings (SSSR count). The van der Waals surface area contributed by atoms with Gasteiger partial charge in [0.25, 0.3) is 5.24 Å². The number of nitrogens with zero attached hydrogens (tertiary/aromatic N) is 2. The van der Waals surface area contributed by atoms with E-state index < -0.39 is 28.8 Å². The maximum Gasteiger partial charge on any atom is 0.416 e. The fourth-order valence-electron chi connectivity index (χ4n) is 2.22. The molecule has 13 heteroatoms. The van der Waals surface area contributed by atoms with Crippen LogP contribution in [0.5, 0.6) is 0 Å². The molecule has 0 aliphatic carbocycles. The Morgan fingerprint density at radius 3 is 2.71 bits per heavy atom. The van der Waals surface area contributed by atoms with E-state index in [0.717, 1.165) is 35.7 Å². The SMILES string of the molecule is O=C(CC1S/C(=N/N=C2\CSC(=O)N2)NC1=O)Nc1cccc(C(F)(F)F)c1. The van der Waals surface area contributed by atoms with Crippen LogP contribution in [0.3, 0.4) is 0 Å². The van der Waals surface area contributed by atoms with Gasteiger partial charge >= 0.3 is 6.18 Å². The zero-order valence-corrected chi connectivity index (χ0v) is 15.5. The fraction of sp³-hybridized carbons (Fsp3) is 0.267. The second-order valence-corrected chi connectivity index (χ2v) is 7.72. The van der Waals surface area contributed by atoms with Crippen molar-refractivity contribution in [3.63, 3.8) is 0 Å². The van der Waals surface area contributed by atoms with E-state index in [1.807, 2.05) is 0 Å². The maximum absolute atomic E-state index is 12.7. The number of nitrogens with one attached hydrogen (secondary N) is 3. The highest BCUT2D eigenvalue weighted by Gasteiger charge is 2.33. The van der Waals surface area contributed by atoms with Gasteiger partial charge in [-0.05, 0) is 18.2 Å². The topological polar surface area (TPSA) is 112 Å². The van der Waals surface area contributed by atoms with E-state index in [2.05, 4.69) is 26.2 Å². The average molecular weight is 431 g/mol. The molecule has 2 saturated heterocycles. The van der Waals surface area contributed by atoms with Crippen LogP contribution in [0.15, 0.2) is 34.5 Å². The van der Waals surface area contributed by atoms with Crippen molar-refractivity contribution < 1.29 is 27.6 Å². The molecule has 2 aliphatic rings. The number of amidine groups is 2. The maximum atomic E-state index is 12.7. The first-order valence-corrected chi connectivity index (χ1v) is 9.60.